The Morgan fingerprint density at radius 1 is 1.45 bits per heavy atom. The van der Waals surface area contributed by atoms with E-state index in [9.17, 15) is 4.79 Å². The second-order valence-electron chi connectivity index (χ2n) is 2.41. The Labute approximate surface area is 66.9 Å². The number of nitrogens with two attached hydrogens (primary N) is 1. The molecule has 0 aromatic rings. The summed E-state index contributed by atoms with van der Waals surface area (Å²) in [6, 6.07) is 0. The predicted octanol–water partition coefficient (Wildman–Crippen LogP) is 1.49. The van der Waals surface area contributed by atoms with Crippen LogP contribution in [0.25, 0.3) is 0 Å². The Balaban J connectivity index is 4.40. The van der Waals surface area contributed by atoms with Gasteiger partial charge in [-0.05, 0) is 12.8 Å². The highest BCUT2D eigenvalue weighted by molar-refractivity contribution is 5.87. The lowest BCUT2D eigenvalue weighted by Crippen LogP contribution is -2.09. The zero-order chi connectivity index (χ0) is 8.85. The quantitative estimate of drug-likeness (QED) is 0.608. The molecule has 0 bridgehead atoms. The van der Waals surface area contributed by atoms with E-state index in [4.69, 9.17) is 10.8 Å². The van der Waals surface area contributed by atoms with E-state index in [-0.39, 0.29) is 0 Å². The molecule has 0 aliphatic carbocycles. The molecule has 64 valence electrons. The van der Waals surface area contributed by atoms with E-state index in [1.165, 1.54) is 0 Å². The van der Waals surface area contributed by atoms with Gasteiger partial charge in [0, 0.05) is 5.70 Å². The molecule has 0 saturated carbocycles. The fraction of sp³-hybridized carbons (Fsp3) is 0.625. The van der Waals surface area contributed by atoms with Gasteiger partial charge in [0.25, 0.3) is 0 Å². The summed E-state index contributed by atoms with van der Waals surface area (Å²) >= 11 is 0. The van der Waals surface area contributed by atoms with Gasteiger partial charge in [-0.2, -0.15) is 0 Å². The molecule has 0 aromatic carbocycles. The standard InChI is InChI=1S/C8H15NO2/c1-3-5-7(9)6(4-2)8(10)11/h3-5,9H2,1-2H3,(H,10,11)/b7-6-. The summed E-state index contributed by atoms with van der Waals surface area (Å²) in [5.41, 5.74) is 6.41. The number of allylic oxidation sites excluding steroid dienone is 1. The first-order chi connectivity index (χ1) is 5.13. The largest absolute Gasteiger partial charge is 0.478 e. The second-order valence-corrected chi connectivity index (χ2v) is 2.41. The van der Waals surface area contributed by atoms with E-state index < -0.39 is 5.97 Å². The number of carbonyl (C=O) groups is 1. The molecule has 0 spiro atoms. The van der Waals surface area contributed by atoms with Crippen LogP contribution in [0, 0.1) is 0 Å². The number of carboxylic acids is 1. The SMILES string of the molecule is CCC/C(N)=C(\CC)C(=O)O. The highest BCUT2D eigenvalue weighted by Gasteiger charge is 2.08. The normalized spacial score (nSPS) is 12.5. The van der Waals surface area contributed by atoms with E-state index in [1.807, 2.05) is 6.92 Å². The summed E-state index contributed by atoms with van der Waals surface area (Å²) < 4.78 is 0. The van der Waals surface area contributed by atoms with Gasteiger partial charge >= 0.3 is 5.97 Å². The summed E-state index contributed by atoms with van der Waals surface area (Å²) in [4.78, 5) is 10.5. The fourth-order valence-electron chi connectivity index (χ4n) is 0.936. The molecule has 0 fully saturated rings. The Morgan fingerprint density at radius 3 is 2.27 bits per heavy atom. The molecule has 0 heterocycles. The highest BCUT2D eigenvalue weighted by atomic mass is 16.4. The molecule has 3 heteroatoms. The number of hydrogen-bond acceptors (Lipinski definition) is 2. The van der Waals surface area contributed by atoms with Crippen molar-refractivity contribution in [1.82, 2.24) is 0 Å². The van der Waals surface area contributed by atoms with Crippen molar-refractivity contribution in [2.75, 3.05) is 0 Å². The van der Waals surface area contributed by atoms with Crippen LogP contribution in [0.4, 0.5) is 0 Å². The second kappa shape index (κ2) is 4.77. The molecule has 0 aliphatic heterocycles. The Bertz CT molecular complexity index is 173. The molecular weight excluding hydrogens is 142 g/mol. The third-order valence-electron chi connectivity index (χ3n) is 1.52. The van der Waals surface area contributed by atoms with Crippen LogP contribution in [-0.4, -0.2) is 11.1 Å². The van der Waals surface area contributed by atoms with E-state index in [2.05, 4.69) is 0 Å². The maximum absolute atomic E-state index is 10.5. The van der Waals surface area contributed by atoms with E-state index in [1.54, 1.807) is 6.92 Å². The van der Waals surface area contributed by atoms with Crippen LogP contribution >= 0.6 is 0 Å². The summed E-state index contributed by atoms with van der Waals surface area (Å²) in [6.07, 6.45) is 2.07. The van der Waals surface area contributed by atoms with Gasteiger partial charge in [0.05, 0.1) is 5.57 Å². The van der Waals surface area contributed by atoms with Gasteiger partial charge in [-0.1, -0.05) is 20.3 Å². The highest BCUT2D eigenvalue weighted by Crippen LogP contribution is 2.08. The first-order valence-electron chi connectivity index (χ1n) is 3.84. The van der Waals surface area contributed by atoms with Crippen LogP contribution < -0.4 is 5.73 Å². The molecule has 0 aromatic heterocycles. The van der Waals surface area contributed by atoms with Crippen LogP contribution in [0.3, 0.4) is 0 Å². The Kier molecular flexibility index (Phi) is 4.34. The molecule has 0 amide bonds. The van der Waals surface area contributed by atoms with Crippen LogP contribution in [-0.2, 0) is 4.79 Å². The first-order valence-corrected chi connectivity index (χ1v) is 3.84. The van der Waals surface area contributed by atoms with Gasteiger partial charge < -0.3 is 10.8 Å². The van der Waals surface area contributed by atoms with Gasteiger partial charge in [0.2, 0.25) is 0 Å². The maximum Gasteiger partial charge on any atom is 0.333 e. The summed E-state index contributed by atoms with van der Waals surface area (Å²) in [5, 5.41) is 8.63. The minimum atomic E-state index is -0.890. The summed E-state index contributed by atoms with van der Waals surface area (Å²) in [5.74, 6) is -0.890. The van der Waals surface area contributed by atoms with Crippen LogP contribution in [0.15, 0.2) is 11.3 Å². The van der Waals surface area contributed by atoms with E-state index >= 15 is 0 Å². The van der Waals surface area contributed by atoms with Crippen molar-refractivity contribution in [2.45, 2.75) is 33.1 Å². The van der Waals surface area contributed by atoms with Crippen molar-refractivity contribution in [1.29, 1.82) is 0 Å². The topological polar surface area (TPSA) is 63.3 Å². The molecule has 3 N–H and O–H groups in total. The third-order valence-corrected chi connectivity index (χ3v) is 1.52. The zero-order valence-electron chi connectivity index (χ0n) is 7.05. The number of hydrogen-bond donors (Lipinski definition) is 2. The van der Waals surface area contributed by atoms with Crippen molar-refractivity contribution < 1.29 is 9.90 Å². The van der Waals surface area contributed by atoms with Crippen LogP contribution in [0.5, 0.6) is 0 Å². The average Bonchev–Trinajstić information content (AvgIpc) is 1.88. The lowest BCUT2D eigenvalue weighted by Gasteiger charge is -2.03. The maximum atomic E-state index is 10.5. The third kappa shape index (κ3) is 3.07. The smallest absolute Gasteiger partial charge is 0.333 e. The van der Waals surface area contributed by atoms with Crippen molar-refractivity contribution >= 4 is 5.97 Å². The fourth-order valence-corrected chi connectivity index (χ4v) is 0.936. The molecule has 0 radical (unpaired) electrons. The first kappa shape index (κ1) is 10.0. The van der Waals surface area contributed by atoms with Gasteiger partial charge in [0.1, 0.15) is 0 Å². The lowest BCUT2D eigenvalue weighted by atomic mass is 10.1. The van der Waals surface area contributed by atoms with Crippen molar-refractivity contribution in [3.63, 3.8) is 0 Å². The summed E-state index contributed by atoms with van der Waals surface area (Å²) in [7, 11) is 0. The summed E-state index contributed by atoms with van der Waals surface area (Å²) in [6.45, 7) is 3.77. The molecule has 0 rings (SSSR count). The van der Waals surface area contributed by atoms with Gasteiger partial charge in [-0.25, -0.2) is 4.79 Å². The number of rotatable bonds is 4. The van der Waals surface area contributed by atoms with Crippen LogP contribution in [0.1, 0.15) is 33.1 Å². The molecule has 0 saturated heterocycles. The molecule has 0 atom stereocenters. The van der Waals surface area contributed by atoms with Crippen molar-refractivity contribution in [3.8, 4) is 0 Å². The Hall–Kier alpha value is -0.990. The molecular formula is C8H15NO2. The molecule has 11 heavy (non-hydrogen) atoms. The predicted molar refractivity (Wildman–Crippen MR) is 44.0 cm³/mol. The minimum Gasteiger partial charge on any atom is -0.478 e. The lowest BCUT2D eigenvalue weighted by molar-refractivity contribution is -0.132. The zero-order valence-corrected chi connectivity index (χ0v) is 7.05. The van der Waals surface area contributed by atoms with E-state index in [0.717, 1.165) is 6.42 Å². The number of aliphatic carboxylic acids is 1. The van der Waals surface area contributed by atoms with Gasteiger partial charge in [-0.15, -0.1) is 0 Å². The Morgan fingerprint density at radius 2 is 2.00 bits per heavy atom. The molecule has 0 unspecified atom stereocenters. The van der Waals surface area contributed by atoms with Crippen molar-refractivity contribution in [3.05, 3.63) is 11.3 Å². The monoisotopic (exact) mass is 157 g/mol. The number of carboxylic acid groups (broad SMARTS) is 1. The van der Waals surface area contributed by atoms with Crippen molar-refractivity contribution in [2.24, 2.45) is 5.73 Å². The minimum absolute atomic E-state index is 0.354. The molecule has 3 nitrogen and oxygen atoms in total. The average molecular weight is 157 g/mol. The van der Waals surface area contributed by atoms with E-state index in [0.29, 0.717) is 24.1 Å². The molecule has 0 aliphatic rings. The van der Waals surface area contributed by atoms with Gasteiger partial charge in [-0.3, -0.25) is 0 Å². The van der Waals surface area contributed by atoms with Crippen LogP contribution in [0.2, 0.25) is 0 Å². The van der Waals surface area contributed by atoms with Gasteiger partial charge in [0.15, 0.2) is 0 Å².